The van der Waals surface area contributed by atoms with Crippen molar-refractivity contribution >= 4 is 17.4 Å². The van der Waals surface area contributed by atoms with Gasteiger partial charge in [-0.2, -0.15) is 4.98 Å². The van der Waals surface area contributed by atoms with Crippen LogP contribution in [0.5, 0.6) is 0 Å². The molecular formula is C23H24N7O2+. The Labute approximate surface area is 184 Å². The molecule has 4 aromatic rings. The van der Waals surface area contributed by atoms with E-state index in [0.717, 1.165) is 29.9 Å². The number of hydrogen-bond acceptors (Lipinski definition) is 6. The van der Waals surface area contributed by atoms with Crippen LogP contribution in [0, 0.1) is 6.92 Å². The highest BCUT2D eigenvalue weighted by atomic mass is 16.5. The van der Waals surface area contributed by atoms with E-state index in [9.17, 15) is 4.79 Å². The van der Waals surface area contributed by atoms with Gasteiger partial charge in [0.2, 0.25) is 5.82 Å². The van der Waals surface area contributed by atoms with Crippen LogP contribution in [0.3, 0.4) is 0 Å². The molecule has 0 atom stereocenters. The highest BCUT2D eigenvalue weighted by Gasteiger charge is 2.28. The average Bonchev–Trinajstić information content (AvgIpc) is 2.96. The summed E-state index contributed by atoms with van der Waals surface area (Å²) in [6.07, 6.45) is 3.55. The summed E-state index contributed by atoms with van der Waals surface area (Å²) in [4.78, 5) is 21.4. The molecular weight excluding hydrogens is 406 g/mol. The van der Waals surface area contributed by atoms with Crippen molar-refractivity contribution in [2.24, 2.45) is 5.73 Å². The Balaban J connectivity index is 1.63. The lowest BCUT2D eigenvalue weighted by molar-refractivity contribution is -0.787. The minimum Gasteiger partial charge on any atom is -0.365 e. The van der Waals surface area contributed by atoms with E-state index in [2.05, 4.69) is 22.4 Å². The predicted molar refractivity (Wildman–Crippen MR) is 118 cm³/mol. The summed E-state index contributed by atoms with van der Waals surface area (Å²) >= 11 is 0. The summed E-state index contributed by atoms with van der Waals surface area (Å²) in [5.41, 5.74) is 9.99. The molecule has 3 N–H and O–H groups in total. The number of imidazole rings is 1. The second-order valence-electron chi connectivity index (χ2n) is 7.74. The molecule has 1 amide bonds. The first-order chi connectivity index (χ1) is 15.6. The average molecular weight is 430 g/mol. The first-order valence-electron chi connectivity index (χ1n) is 10.6. The van der Waals surface area contributed by atoms with Gasteiger partial charge < -0.3 is 15.8 Å². The van der Waals surface area contributed by atoms with Gasteiger partial charge >= 0.3 is 0 Å². The van der Waals surface area contributed by atoms with E-state index >= 15 is 0 Å². The SMILES string of the molecule is Cc1nc2c(C(N)=O)cccn2c1-c1nc(NCc2ccccc2)c2[n+](n1)COCCC2. The number of hydrogen-bond donors (Lipinski definition) is 2. The topological polar surface area (TPSA) is 111 Å². The van der Waals surface area contributed by atoms with Gasteiger partial charge in [-0.05, 0) is 31.0 Å². The van der Waals surface area contributed by atoms with E-state index < -0.39 is 5.91 Å². The summed E-state index contributed by atoms with van der Waals surface area (Å²) in [6, 6.07) is 13.6. The lowest BCUT2D eigenvalue weighted by atomic mass is 10.2. The smallest absolute Gasteiger partial charge is 0.279 e. The zero-order chi connectivity index (χ0) is 22.1. The summed E-state index contributed by atoms with van der Waals surface area (Å²) < 4.78 is 9.42. The van der Waals surface area contributed by atoms with Crippen molar-refractivity contribution < 1.29 is 14.2 Å². The van der Waals surface area contributed by atoms with Gasteiger partial charge in [0.1, 0.15) is 11.3 Å². The second kappa shape index (κ2) is 8.35. The van der Waals surface area contributed by atoms with Crippen LogP contribution < -0.4 is 15.7 Å². The van der Waals surface area contributed by atoms with Crippen LogP contribution in [0.1, 0.15) is 33.7 Å². The minimum absolute atomic E-state index is 0.354. The van der Waals surface area contributed by atoms with Gasteiger partial charge in [-0.1, -0.05) is 35.0 Å². The third-order valence-electron chi connectivity index (χ3n) is 5.54. The zero-order valence-corrected chi connectivity index (χ0v) is 17.8. The van der Waals surface area contributed by atoms with Crippen LogP contribution in [0.4, 0.5) is 5.82 Å². The van der Waals surface area contributed by atoms with Gasteiger partial charge in [-0.25, -0.2) is 4.98 Å². The molecule has 0 unspecified atom stereocenters. The maximum Gasteiger partial charge on any atom is 0.279 e. The quantitative estimate of drug-likeness (QED) is 0.469. The number of aryl methyl sites for hydroxylation is 1. The van der Waals surface area contributed by atoms with Crippen molar-refractivity contribution in [3.63, 3.8) is 0 Å². The highest BCUT2D eigenvalue weighted by molar-refractivity contribution is 5.99. The van der Waals surface area contributed by atoms with Crippen LogP contribution in [0.25, 0.3) is 17.2 Å². The summed E-state index contributed by atoms with van der Waals surface area (Å²) in [5.74, 6) is 0.745. The van der Waals surface area contributed by atoms with E-state index in [4.69, 9.17) is 20.6 Å². The summed E-state index contributed by atoms with van der Waals surface area (Å²) in [7, 11) is 0. The fourth-order valence-corrected chi connectivity index (χ4v) is 4.00. The molecule has 1 aliphatic heterocycles. The number of nitrogens with zero attached hydrogens (tertiary/aromatic N) is 5. The first-order valence-corrected chi connectivity index (χ1v) is 10.6. The van der Waals surface area contributed by atoms with Gasteiger partial charge in [0.25, 0.3) is 18.3 Å². The Morgan fingerprint density at radius 3 is 2.88 bits per heavy atom. The lowest BCUT2D eigenvalue weighted by Gasteiger charge is -2.10. The third-order valence-corrected chi connectivity index (χ3v) is 5.54. The molecule has 3 aromatic heterocycles. The van der Waals surface area contributed by atoms with Crippen LogP contribution >= 0.6 is 0 Å². The molecule has 5 rings (SSSR count). The monoisotopic (exact) mass is 430 g/mol. The molecule has 0 radical (unpaired) electrons. The van der Waals surface area contributed by atoms with Crippen molar-refractivity contribution in [2.75, 3.05) is 11.9 Å². The van der Waals surface area contributed by atoms with Crippen LogP contribution in [0.15, 0.2) is 48.7 Å². The number of nitrogens with two attached hydrogens (primary N) is 1. The fourth-order valence-electron chi connectivity index (χ4n) is 4.00. The summed E-state index contributed by atoms with van der Waals surface area (Å²) in [5, 5.41) is 8.27. The van der Waals surface area contributed by atoms with Crippen molar-refractivity contribution in [1.29, 1.82) is 0 Å². The van der Waals surface area contributed by atoms with Crippen molar-refractivity contribution in [2.45, 2.75) is 33.0 Å². The molecule has 162 valence electrons. The second-order valence-corrected chi connectivity index (χ2v) is 7.74. The molecule has 1 aromatic carbocycles. The number of pyridine rings is 1. The number of aromatic nitrogens is 5. The molecule has 0 aliphatic carbocycles. The number of fused-ring (bicyclic) bond motifs is 2. The van der Waals surface area contributed by atoms with E-state index in [1.807, 2.05) is 40.4 Å². The van der Waals surface area contributed by atoms with Crippen LogP contribution in [-0.2, 0) is 24.4 Å². The number of rotatable bonds is 5. The lowest BCUT2D eigenvalue weighted by Crippen LogP contribution is -2.44. The molecule has 9 nitrogen and oxygen atoms in total. The number of anilines is 1. The number of amides is 1. The highest BCUT2D eigenvalue weighted by Crippen LogP contribution is 2.25. The Bertz CT molecular complexity index is 1300. The van der Waals surface area contributed by atoms with E-state index in [-0.39, 0.29) is 0 Å². The molecule has 0 bridgehead atoms. The van der Waals surface area contributed by atoms with Crippen molar-refractivity contribution in [1.82, 2.24) is 19.5 Å². The molecule has 1 aliphatic rings. The molecule has 0 saturated carbocycles. The Morgan fingerprint density at radius 2 is 2.06 bits per heavy atom. The summed E-state index contributed by atoms with van der Waals surface area (Å²) in [6.45, 7) is 3.55. The van der Waals surface area contributed by atoms with Crippen molar-refractivity contribution in [3.05, 3.63) is 71.2 Å². The first kappa shape index (κ1) is 20.1. The molecule has 0 fully saturated rings. The maximum absolute atomic E-state index is 11.9. The third kappa shape index (κ3) is 3.67. The van der Waals surface area contributed by atoms with E-state index in [0.29, 0.717) is 48.3 Å². The molecule has 0 saturated heterocycles. The number of benzene rings is 1. The normalized spacial score (nSPS) is 13.5. The van der Waals surface area contributed by atoms with Crippen molar-refractivity contribution in [3.8, 4) is 11.5 Å². The number of ether oxygens (including phenoxy) is 1. The Kier molecular flexibility index (Phi) is 5.24. The Hall–Kier alpha value is -3.85. The standard InChI is InChI=1S/C23H23N7O2/c1-15-19(29-11-5-9-17(20(24)31)23(29)26-15)22-27-21(25-13-16-7-3-2-4-8-16)18-10-6-12-32-14-30(18)28-22/h2-5,7-9,11H,6,10,12-14H2,1H3,(H2-,24,25,27,28,31)/p+1. The van der Waals surface area contributed by atoms with Crippen LogP contribution in [-0.4, -0.2) is 32.0 Å². The molecule has 32 heavy (non-hydrogen) atoms. The van der Waals surface area contributed by atoms with Gasteiger partial charge in [-0.3, -0.25) is 9.20 Å². The maximum atomic E-state index is 11.9. The zero-order valence-electron chi connectivity index (χ0n) is 17.8. The predicted octanol–water partition coefficient (Wildman–Crippen LogP) is 2.02. The van der Waals surface area contributed by atoms with Gasteiger partial charge in [0, 0.05) is 24.3 Å². The van der Waals surface area contributed by atoms with Gasteiger partial charge in [0.15, 0.2) is 5.82 Å². The number of nitrogens with one attached hydrogen (secondary N) is 1. The molecule has 0 spiro atoms. The van der Waals surface area contributed by atoms with Gasteiger partial charge in [0.05, 0.1) is 17.9 Å². The number of primary amides is 1. The van der Waals surface area contributed by atoms with E-state index in [1.165, 1.54) is 0 Å². The number of carbonyl (C=O) groups is 1. The molecule has 9 heteroatoms. The Morgan fingerprint density at radius 1 is 1.22 bits per heavy atom. The van der Waals surface area contributed by atoms with E-state index in [1.54, 1.807) is 12.1 Å². The molecule has 4 heterocycles. The largest absolute Gasteiger partial charge is 0.365 e. The number of carbonyl (C=O) groups excluding carboxylic acids is 1. The minimum atomic E-state index is -0.525. The van der Waals surface area contributed by atoms with Gasteiger partial charge in [-0.15, -0.1) is 0 Å². The fraction of sp³-hybridized carbons (Fsp3) is 0.261. The van der Waals surface area contributed by atoms with Crippen LogP contribution in [0.2, 0.25) is 0 Å².